The molecule has 0 aromatic heterocycles. The van der Waals surface area contributed by atoms with E-state index in [1.807, 2.05) is 13.8 Å². The molecule has 1 spiro atoms. The monoisotopic (exact) mass is 1580 g/mol. The molecule has 26 nitrogen and oxygen atoms in total. The third-order valence-corrected chi connectivity index (χ3v) is 24.2. The number of likely N-dealkylation sites (tertiary alicyclic amines) is 1. The largest absolute Gasteiger partial charge is 0.496 e. The fourth-order valence-corrected chi connectivity index (χ4v) is 16.7. The van der Waals surface area contributed by atoms with Gasteiger partial charge in [0.15, 0.2) is 0 Å². The molecule has 3 N–H and O–H groups in total. The van der Waals surface area contributed by atoms with Gasteiger partial charge in [0, 0.05) is 81.0 Å². The van der Waals surface area contributed by atoms with Gasteiger partial charge in [0.2, 0.25) is 70.9 Å². The molecule has 3 aliphatic heterocycles. The second-order valence-electron chi connectivity index (χ2n) is 31.5. The van der Waals surface area contributed by atoms with E-state index >= 15 is 47.9 Å². The summed E-state index contributed by atoms with van der Waals surface area (Å²) in [5.41, 5.74) is -3.19. The molecule has 618 valence electrons. The first-order valence-electron chi connectivity index (χ1n) is 39.6. The molecule has 2 aromatic rings. The number of halogens is 6. The first-order chi connectivity index (χ1) is 53.0. The quantitative estimate of drug-likeness (QED) is 0.126. The molecule has 112 heavy (non-hydrogen) atoms. The smallest absolute Gasteiger partial charge is 0.419 e. The summed E-state index contributed by atoms with van der Waals surface area (Å²) in [4.78, 5) is 195. The molecule has 2 aromatic carbocycles. The Balaban J connectivity index is 1.12. The molecule has 0 radical (unpaired) electrons. The van der Waals surface area contributed by atoms with Crippen molar-refractivity contribution in [3.8, 4) is 5.75 Å². The van der Waals surface area contributed by atoms with Gasteiger partial charge in [-0.1, -0.05) is 76.8 Å². The van der Waals surface area contributed by atoms with E-state index < -0.39 is 210 Å². The van der Waals surface area contributed by atoms with Crippen molar-refractivity contribution in [2.75, 3.05) is 88.7 Å². The van der Waals surface area contributed by atoms with Crippen LogP contribution < -0.4 is 20.7 Å². The van der Waals surface area contributed by atoms with Gasteiger partial charge in [0.05, 0.1) is 49.3 Å². The van der Waals surface area contributed by atoms with E-state index in [4.69, 9.17) is 9.47 Å². The number of nitrogens with zero attached hydrogens (tertiary/aromatic N) is 9. The lowest BCUT2D eigenvalue weighted by atomic mass is 9.70. The van der Waals surface area contributed by atoms with Gasteiger partial charge in [0.1, 0.15) is 60.1 Å². The molecule has 32 heteroatoms. The van der Waals surface area contributed by atoms with E-state index in [1.54, 1.807) is 30.9 Å². The molecule has 6 fully saturated rings. The van der Waals surface area contributed by atoms with Crippen molar-refractivity contribution in [3.63, 3.8) is 0 Å². The molecule has 2 saturated heterocycles. The number of carbonyl (C=O) groups excluding carboxylic acids is 12. The fourth-order valence-electron chi connectivity index (χ4n) is 16.7. The van der Waals surface area contributed by atoms with Crippen molar-refractivity contribution in [1.82, 2.24) is 60.0 Å². The third kappa shape index (κ3) is 19.8. The number of amides is 12. The van der Waals surface area contributed by atoms with Gasteiger partial charge in [-0.3, -0.25) is 57.5 Å². The Labute approximate surface area is 651 Å². The Kier molecular flexibility index (Phi) is 29.1. The third-order valence-electron chi connectivity index (χ3n) is 24.2. The van der Waals surface area contributed by atoms with Crippen molar-refractivity contribution in [3.05, 3.63) is 76.9 Å². The van der Waals surface area contributed by atoms with Crippen LogP contribution in [-0.4, -0.2) is 270 Å². The zero-order valence-electron chi connectivity index (χ0n) is 66.3. The normalized spacial score (nSPS) is 27.6. The van der Waals surface area contributed by atoms with Crippen LogP contribution in [0.5, 0.6) is 5.75 Å². The second-order valence-corrected chi connectivity index (χ2v) is 31.5. The molecule has 3 heterocycles. The highest BCUT2D eigenvalue weighted by Gasteiger charge is 2.58. The molecular weight excluding hydrogens is 1470 g/mol. The highest BCUT2D eigenvalue weighted by Crippen LogP contribution is 2.44. The number of aryl methyl sites for hydroxylation is 1. The van der Waals surface area contributed by atoms with Gasteiger partial charge in [0.25, 0.3) is 0 Å². The summed E-state index contributed by atoms with van der Waals surface area (Å²) in [6, 6.07) is -4.15. The van der Waals surface area contributed by atoms with E-state index in [-0.39, 0.29) is 75.6 Å². The predicted octanol–water partition coefficient (Wildman–Crippen LogP) is 6.54. The number of hydrogen-bond acceptors (Lipinski definition) is 14. The number of ether oxygens (including phenoxy) is 2. The fraction of sp³-hybridized carbons (Fsp3) is 0.675. The molecule has 7 aliphatic rings. The molecule has 4 aliphatic carbocycles. The number of alkyl halides is 6. The summed E-state index contributed by atoms with van der Waals surface area (Å²) in [6.07, 6.45) is -1.87. The van der Waals surface area contributed by atoms with Crippen molar-refractivity contribution >= 4 is 70.9 Å². The Morgan fingerprint density at radius 1 is 0.643 bits per heavy atom. The molecule has 2 bridgehead atoms. The Morgan fingerprint density at radius 3 is 1.89 bits per heavy atom. The predicted molar refractivity (Wildman–Crippen MR) is 399 cm³/mol. The minimum atomic E-state index is -4.81. The number of carbonyl (C=O) groups is 12. The average Bonchev–Trinajstić information content (AvgIpc) is 0.821. The van der Waals surface area contributed by atoms with Crippen LogP contribution in [0.1, 0.15) is 172 Å². The zero-order chi connectivity index (χ0) is 82.0. The van der Waals surface area contributed by atoms with E-state index in [1.165, 1.54) is 77.8 Å². The van der Waals surface area contributed by atoms with E-state index in [0.29, 0.717) is 70.9 Å². The minimum absolute atomic E-state index is 0.0452. The van der Waals surface area contributed by atoms with Crippen LogP contribution in [0.25, 0.3) is 0 Å². The summed E-state index contributed by atoms with van der Waals surface area (Å²) in [6.45, 7) is 6.30. The number of hydrogen-bond donors (Lipinski definition) is 3. The number of rotatable bonds is 15. The zero-order valence-corrected chi connectivity index (χ0v) is 66.3. The lowest BCUT2D eigenvalue weighted by Gasteiger charge is -2.53. The molecule has 12 amide bonds. The summed E-state index contributed by atoms with van der Waals surface area (Å²) < 4.78 is 95.8. The van der Waals surface area contributed by atoms with E-state index in [2.05, 4.69) is 16.0 Å². The molecule has 9 rings (SSSR count). The van der Waals surface area contributed by atoms with Crippen LogP contribution in [0, 0.1) is 17.8 Å². The standard InChI is InChI=1S/C80H112F6N12O14/c1-12-23-57-70(103)88-66(48(4)13-2)75(108)98(53-33-34-53)47-65(101)92(7)58-26-16-15-19-41-97(74(58)107)60(42-49-27-31-52(32-28-49)79(81,82)83)72(105)90(5)46-63(99)87-56(36-30-50-29-35-55(80(84,85)86)61(43-50)111-11)69(102)89-67-54(44-62(67)112-14-3)71(104)95(10)78(37-22-38-78)77(110)94(9)68(51-24-17-18-25-51)76(109)93(8)59(45-64(100)91(57)6)73(106)96-39-20-21-40-96/h15-16,27-29,31-32,35,43,48,51,53-54,56-60,62,66-68H,12-14,17-26,30,33-34,36-42,44-47H2,1-11H3,(H,87,99)(H,88,103)(H,89,102)/b16-15-/t48-,54-,56-,57-,58-,59-,60-,62+,66-,67?,68-/m0/s1. The first kappa shape index (κ1) is 87.1. The van der Waals surface area contributed by atoms with Crippen LogP contribution >= 0.6 is 0 Å². The summed E-state index contributed by atoms with van der Waals surface area (Å²) in [5, 5.41) is 8.54. The molecule has 4 saturated carbocycles. The SMILES string of the molecule is CCC[C@H]1C(=O)N[C@@H]([C@@H](C)CC)C(=O)N(C2CC2)CC(=O)N(C)[C@H]2C/C=C\CCN(C2=O)[C@@H](Cc2ccc(C(F)(F)F)cc2)C(=O)N(C)CC(=O)N[C@@H](CCc2ccc(C(F)(F)F)c(OC)c2)C(=O)NC2[C@H](C[C@H]2OCC)C(=O)N(C)C2(CCC2)C(=O)N(C)[C@@H](C2CCCC2)C(=O)N(C)[C@H](C(=O)N2CCCC2)CC(=O)N1C. The maximum Gasteiger partial charge on any atom is 0.419 e. The Hall–Kier alpha value is -8.84. The average molecular weight is 1580 g/mol. The highest BCUT2D eigenvalue weighted by molar-refractivity contribution is 6.00. The molecule has 1 unspecified atom stereocenters. The van der Waals surface area contributed by atoms with Crippen LogP contribution in [0.15, 0.2) is 54.6 Å². The number of fused-ring (bicyclic) bond motifs is 3. The van der Waals surface area contributed by atoms with Gasteiger partial charge >= 0.3 is 12.4 Å². The van der Waals surface area contributed by atoms with Crippen molar-refractivity contribution < 1.29 is 93.4 Å². The molecule has 11 atom stereocenters. The van der Waals surface area contributed by atoms with Gasteiger partial charge in [-0.15, -0.1) is 0 Å². The van der Waals surface area contributed by atoms with Gasteiger partial charge in [-0.25, -0.2) is 0 Å². The number of benzene rings is 2. The summed E-state index contributed by atoms with van der Waals surface area (Å²) in [7, 11) is 9.47. The lowest BCUT2D eigenvalue weighted by Crippen LogP contribution is -2.70. The highest BCUT2D eigenvalue weighted by atomic mass is 19.4. The van der Waals surface area contributed by atoms with Crippen molar-refractivity contribution in [1.29, 1.82) is 0 Å². The molecular formula is C80H112F6N12O14. The maximum atomic E-state index is 15.7. The van der Waals surface area contributed by atoms with Crippen molar-refractivity contribution in [2.45, 2.75) is 241 Å². The number of methoxy groups -OCH3 is 1. The van der Waals surface area contributed by atoms with Crippen LogP contribution in [0.3, 0.4) is 0 Å². The van der Waals surface area contributed by atoms with Crippen molar-refractivity contribution in [2.24, 2.45) is 17.8 Å². The van der Waals surface area contributed by atoms with Gasteiger partial charge in [-0.05, 0) is 150 Å². The lowest BCUT2D eigenvalue weighted by molar-refractivity contribution is -0.170. The Bertz CT molecular complexity index is 3790. The first-order valence-corrected chi connectivity index (χ1v) is 39.6. The number of likely N-dealkylation sites (N-methyl/N-ethyl adjacent to an activating group) is 6. The van der Waals surface area contributed by atoms with Crippen LogP contribution in [0.4, 0.5) is 26.3 Å². The summed E-state index contributed by atoms with van der Waals surface area (Å²) in [5.74, 6) is -11.1. The van der Waals surface area contributed by atoms with Gasteiger partial charge in [-0.2, -0.15) is 26.3 Å². The Morgan fingerprint density at radius 2 is 1.30 bits per heavy atom. The van der Waals surface area contributed by atoms with Crippen LogP contribution in [-0.2, 0) is 87.5 Å². The minimum Gasteiger partial charge on any atom is -0.496 e. The topological polar surface area (TPSA) is 289 Å². The second kappa shape index (κ2) is 37.4. The van der Waals surface area contributed by atoms with E-state index in [0.717, 1.165) is 66.1 Å². The van der Waals surface area contributed by atoms with E-state index in [9.17, 15) is 35.9 Å². The summed E-state index contributed by atoms with van der Waals surface area (Å²) >= 11 is 0. The maximum absolute atomic E-state index is 15.7. The van der Waals surface area contributed by atoms with Gasteiger partial charge < -0.3 is 69.5 Å². The van der Waals surface area contributed by atoms with Crippen LogP contribution in [0.2, 0.25) is 0 Å². The number of nitrogens with one attached hydrogen (secondary N) is 3.